The van der Waals surface area contributed by atoms with Crippen LogP contribution in [0.5, 0.6) is 0 Å². The van der Waals surface area contributed by atoms with Crippen molar-refractivity contribution in [1.82, 2.24) is 19.1 Å². The van der Waals surface area contributed by atoms with E-state index in [1.807, 2.05) is 13.8 Å². The molecule has 3 heterocycles. The van der Waals surface area contributed by atoms with Crippen LogP contribution < -0.4 is 11.2 Å². The first-order valence-electron chi connectivity index (χ1n) is 9.50. The van der Waals surface area contributed by atoms with Gasteiger partial charge in [0.15, 0.2) is 5.65 Å². The molecule has 134 valence electrons. The molecule has 2 bridgehead atoms. The molecule has 0 radical (unpaired) electrons. The fraction of sp³-hybridized carbons (Fsp3) is 0.722. The maximum absolute atomic E-state index is 12.9. The van der Waals surface area contributed by atoms with Crippen LogP contribution in [0.15, 0.2) is 9.59 Å². The van der Waals surface area contributed by atoms with Gasteiger partial charge in [-0.25, -0.2) is 9.78 Å². The van der Waals surface area contributed by atoms with Gasteiger partial charge in [0.1, 0.15) is 11.3 Å². The van der Waals surface area contributed by atoms with Crippen LogP contribution in [0.3, 0.4) is 0 Å². The average molecular weight is 344 g/mol. The number of hydrogen-bond donors (Lipinski definition) is 1. The first-order chi connectivity index (χ1) is 12.1. The Labute approximate surface area is 145 Å². The minimum absolute atomic E-state index is 0.0799. The van der Waals surface area contributed by atoms with E-state index in [4.69, 9.17) is 9.72 Å². The number of aromatic amines is 1. The third-order valence-corrected chi connectivity index (χ3v) is 6.35. The highest BCUT2D eigenvalue weighted by Gasteiger charge is 2.69. The highest BCUT2D eigenvalue weighted by atomic mass is 16.6. The number of aromatic nitrogens is 4. The Kier molecular flexibility index (Phi) is 3.11. The largest absolute Gasteiger partial charge is 0.368 e. The van der Waals surface area contributed by atoms with Crippen LogP contribution in [0, 0.1) is 5.92 Å². The monoisotopic (exact) mass is 344 g/mol. The average Bonchev–Trinajstić information content (AvgIpc) is 3.02. The maximum atomic E-state index is 12.9. The Hall–Kier alpha value is -1.89. The van der Waals surface area contributed by atoms with Crippen molar-refractivity contribution in [3.63, 3.8) is 0 Å². The Bertz CT molecular complexity index is 971. The molecule has 4 unspecified atom stereocenters. The summed E-state index contributed by atoms with van der Waals surface area (Å²) in [6.45, 7) is 5.01. The van der Waals surface area contributed by atoms with Crippen LogP contribution in [-0.2, 0) is 23.2 Å². The third kappa shape index (κ3) is 1.87. The Balaban J connectivity index is 1.74. The second kappa shape index (κ2) is 5.06. The van der Waals surface area contributed by atoms with E-state index in [1.165, 1.54) is 11.0 Å². The van der Waals surface area contributed by atoms with E-state index in [1.54, 1.807) is 4.57 Å². The smallest absolute Gasteiger partial charge is 0.332 e. The lowest BCUT2D eigenvalue weighted by Gasteiger charge is -2.22. The van der Waals surface area contributed by atoms with E-state index >= 15 is 0 Å². The molecule has 2 aromatic heterocycles. The van der Waals surface area contributed by atoms with Gasteiger partial charge in [0.05, 0.1) is 17.6 Å². The molecular formula is C18H24N4O3. The molecule has 1 N–H and O–H groups in total. The Morgan fingerprint density at radius 1 is 1.24 bits per heavy atom. The molecule has 7 heteroatoms. The number of epoxide rings is 1. The van der Waals surface area contributed by atoms with Gasteiger partial charge in [-0.15, -0.1) is 0 Å². The van der Waals surface area contributed by atoms with Crippen molar-refractivity contribution < 1.29 is 4.74 Å². The van der Waals surface area contributed by atoms with Crippen molar-refractivity contribution >= 4 is 11.2 Å². The number of imidazole rings is 1. The molecule has 25 heavy (non-hydrogen) atoms. The van der Waals surface area contributed by atoms with Crippen molar-refractivity contribution in [3.8, 4) is 0 Å². The van der Waals surface area contributed by atoms with Gasteiger partial charge in [-0.1, -0.05) is 13.8 Å². The van der Waals surface area contributed by atoms with Crippen LogP contribution in [0.1, 0.15) is 51.8 Å². The number of H-pyrrole nitrogens is 1. The molecule has 7 nitrogen and oxygen atoms in total. The number of nitrogens with one attached hydrogen (secondary N) is 1. The van der Waals surface area contributed by atoms with E-state index in [2.05, 4.69) is 4.98 Å². The number of aryl methyl sites for hydroxylation is 1. The van der Waals surface area contributed by atoms with E-state index < -0.39 is 0 Å². The summed E-state index contributed by atoms with van der Waals surface area (Å²) in [5, 5.41) is 0. The van der Waals surface area contributed by atoms with Gasteiger partial charge in [0.25, 0.3) is 5.56 Å². The third-order valence-electron chi connectivity index (χ3n) is 6.35. The summed E-state index contributed by atoms with van der Waals surface area (Å²) in [6, 6.07) is 0. The number of nitrogens with zero attached hydrogens (tertiary/aromatic N) is 3. The lowest BCUT2D eigenvalue weighted by atomic mass is 9.83. The fourth-order valence-electron chi connectivity index (χ4n) is 5.18. The van der Waals surface area contributed by atoms with Gasteiger partial charge in [0, 0.05) is 13.1 Å². The quantitative estimate of drug-likeness (QED) is 0.834. The Morgan fingerprint density at radius 2 is 2.00 bits per heavy atom. The predicted octanol–water partition coefficient (Wildman–Crippen LogP) is 1.53. The second-order valence-corrected chi connectivity index (χ2v) is 7.86. The standard InChI is InChI=1S/C18H24N4O3/c1-3-7-21-14-11(15(23)22(8-4-2)17(21)24)19-16(20-14)18-6-5-10(9-18)12-13(18)25-12/h10,12-13H,3-9H2,1-2H3,(H,19,20). The summed E-state index contributed by atoms with van der Waals surface area (Å²) in [7, 11) is 0. The number of rotatable bonds is 5. The summed E-state index contributed by atoms with van der Waals surface area (Å²) in [4.78, 5) is 33.8. The lowest BCUT2D eigenvalue weighted by Crippen LogP contribution is -2.40. The molecule has 0 aromatic carbocycles. The number of ether oxygens (including phenoxy) is 1. The molecule has 2 saturated carbocycles. The van der Waals surface area contributed by atoms with Crippen LogP contribution >= 0.6 is 0 Å². The molecule has 2 aliphatic carbocycles. The summed E-state index contributed by atoms with van der Waals surface area (Å²) >= 11 is 0. The normalized spacial score (nSPS) is 32.5. The fourth-order valence-corrected chi connectivity index (χ4v) is 5.18. The maximum Gasteiger partial charge on any atom is 0.332 e. The number of fused-ring (bicyclic) bond motifs is 6. The molecule has 5 rings (SSSR count). The van der Waals surface area contributed by atoms with Crippen LogP contribution in [0.2, 0.25) is 0 Å². The van der Waals surface area contributed by atoms with Crippen molar-refractivity contribution in [2.24, 2.45) is 5.92 Å². The molecule has 0 amide bonds. The van der Waals surface area contributed by atoms with Gasteiger partial charge in [-0.05, 0) is 38.0 Å². The topological polar surface area (TPSA) is 85.2 Å². The zero-order valence-corrected chi connectivity index (χ0v) is 14.7. The van der Waals surface area contributed by atoms with Crippen molar-refractivity contribution in [3.05, 3.63) is 26.7 Å². The van der Waals surface area contributed by atoms with Gasteiger partial charge in [-0.3, -0.25) is 13.9 Å². The summed E-state index contributed by atoms with van der Waals surface area (Å²) in [5.74, 6) is 1.48. The van der Waals surface area contributed by atoms with Crippen LogP contribution in [0.4, 0.5) is 0 Å². The first kappa shape index (κ1) is 15.4. The molecular weight excluding hydrogens is 320 g/mol. The van der Waals surface area contributed by atoms with Crippen molar-refractivity contribution in [1.29, 1.82) is 0 Å². The molecule has 4 atom stereocenters. The Morgan fingerprint density at radius 3 is 2.68 bits per heavy atom. The van der Waals surface area contributed by atoms with E-state index in [0.29, 0.717) is 36.3 Å². The molecule has 1 saturated heterocycles. The molecule has 3 fully saturated rings. The van der Waals surface area contributed by atoms with E-state index in [0.717, 1.165) is 31.5 Å². The first-order valence-corrected chi connectivity index (χ1v) is 9.50. The van der Waals surface area contributed by atoms with E-state index in [9.17, 15) is 9.59 Å². The highest BCUT2D eigenvalue weighted by Crippen LogP contribution is 2.64. The van der Waals surface area contributed by atoms with Crippen LogP contribution in [0.25, 0.3) is 11.2 Å². The SMILES string of the molecule is CCCn1c(=O)c2[nH]c(C34CCC(C3)C3OC34)nc2n(CCC)c1=O. The molecule has 1 aliphatic heterocycles. The minimum Gasteiger partial charge on any atom is -0.368 e. The van der Waals surface area contributed by atoms with Gasteiger partial charge in [-0.2, -0.15) is 0 Å². The zero-order valence-electron chi connectivity index (χ0n) is 14.7. The van der Waals surface area contributed by atoms with Gasteiger partial charge >= 0.3 is 5.69 Å². The van der Waals surface area contributed by atoms with Crippen molar-refractivity contribution in [2.45, 2.75) is 76.7 Å². The highest BCUT2D eigenvalue weighted by molar-refractivity contribution is 5.70. The zero-order chi connectivity index (χ0) is 17.3. The van der Waals surface area contributed by atoms with Gasteiger partial charge in [0.2, 0.25) is 0 Å². The lowest BCUT2D eigenvalue weighted by molar-refractivity contribution is 0.232. The minimum atomic E-state index is -0.245. The molecule has 3 aliphatic rings. The summed E-state index contributed by atoms with van der Waals surface area (Å²) in [5.41, 5.74) is 0.418. The molecule has 0 spiro atoms. The van der Waals surface area contributed by atoms with Gasteiger partial charge < -0.3 is 9.72 Å². The summed E-state index contributed by atoms with van der Waals surface area (Å²) < 4.78 is 8.89. The van der Waals surface area contributed by atoms with Crippen LogP contribution in [-0.4, -0.2) is 31.3 Å². The van der Waals surface area contributed by atoms with Crippen molar-refractivity contribution in [2.75, 3.05) is 0 Å². The number of hydrogen-bond acceptors (Lipinski definition) is 4. The second-order valence-electron chi connectivity index (χ2n) is 7.86. The summed E-state index contributed by atoms with van der Waals surface area (Å²) in [6.07, 6.45) is 5.51. The molecule has 2 aromatic rings. The van der Waals surface area contributed by atoms with E-state index in [-0.39, 0.29) is 22.8 Å². The predicted molar refractivity (Wildman–Crippen MR) is 92.9 cm³/mol.